The summed E-state index contributed by atoms with van der Waals surface area (Å²) in [7, 11) is 1.70. The quantitative estimate of drug-likeness (QED) is 0.186. The summed E-state index contributed by atoms with van der Waals surface area (Å²) in [4.78, 5) is 85.7. The summed E-state index contributed by atoms with van der Waals surface area (Å²) >= 11 is 0. The van der Waals surface area contributed by atoms with Crippen LogP contribution in [-0.2, 0) is 55.7 Å². The fourth-order valence-corrected chi connectivity index (χ4v) is 12.8. The minimum Gasteiger partial charge on any atom is -0.492 e. The van der Waals surface area contributed by atoms with Crippen LogP contribution in [0.25, 0.3) is 11.1 Å². The number of amides is 4. The first-order chi connectivity index (χ1) is 34.7. The number of hydrogen-bond acceptors (Lipinski definition) is 13. The molecule has 7 aliphatic rings. The zero-order valence-electron chi connectivity index (χ0n) is 41.3. The average molecular weight is 976 g/mol. The van der Waals surface area contributed by atoms with E-state index in [0.717, 1.165) is 81.0 Å². The van der Waals surface area contributed by atoms with Gasteiger partial charge in [-0.1, -0.05) is 13.8 Å². The normalized spacial score (nSPS) is 24.0. The van der Waals surface area contributed by atoms with Crippen LogP contribution in [0.15, 0.2) is 65.8 Å². The Labute approximate surface area is 417 Å². The molecule has 0 bridgehead atoms. The third kappa shape index (κ3) is 8.03. The molecule has 5 aromatic rings. The van der Waals surface area contributed by atoms with Crippen LogP contribution in [0.5, 0.6) is 5.75 Å². The van der Waals surface area contributed by atoms with Gasteiger partial charge in [0, 0.05) is 124 Å². The number of fused-ring (bicyclic) bond motifs is 6. The smallest absolute Gasteiger partial charge is 0.276 e. The van der Waals surface area contributed by atoms with E-state index in [-0.39, 0.29) is 53.8 Å². The van der Waals surface area contributed by atoms with Crippen molar-refractivity contribution < 1.29 is 29.0 Å². The fraction of sp³-hybridized carbons (Fsp3) is 0.463. The molecule has 374 valence electrons. The predicted molar refractivity (Wildman–Crippen MR) is 269 cm³/mol. The average Bonchev–Trinajstić information content (AvgIpc) is 3.92. The van der Waals surface area contributed by atoms with E-state index in [1.807, 2.05) is 36.5 Å². The van der Waals surface area contributed by atoms with Gasteiger partial charge in [0.2, 0.25) is 11.8 Å². The fourth-order valence-electron chi connectivity index (χ4n) is 12.8. The van der Waals surface area contributed by atoms with Gasteiger partial charge in [-0.2, -0.15) is 0 Å². The number of carbonyl (C=O) groups excluding carboxylic acids is 4. The van der Waals surface area contributed by atoms with Gasteiger partial charge in [-0.05, 0) is 104 Å². The summed E-state index contributed by atoms with van der Waals surface area (Å²) < 4.78 is 10.1. The van der Waals surface area contributed by atoms with Crippen molar-refractivity contribution in [3.8, 4) is 16.9 Å². The van der Waals surface area contributed by atoms with E-state index in [0.29, 0.717) is 84.0 Å². The molecule has 0 radical (unpaired) electrons. The molecule has 1 aromatic carbocycles. The highest BCUT2D eigenvalue weighted by Crippen LogP contribution is 2.41. The first-order valence-electron chi connectivity index (χ1n) is 25.4. The number of benzene rings is 1. The number of hydrogen-bond donors (Lipinski definition) is 3. The minimum atomic E-state index is -0.646. The standard InChI is InChI=1S/C54H61N11O7/c1-31-25-61(36-10-12-60-27-35-17-33-28-65(43-6-8-48(67)58-50(43)68)51(69)40(33)21-46(35)72-30-38(60)20-36)13-14-62(31)37-5-7-47(56-24-37)57-42-18-34(26-59(4)52(42)70)39-9-11-55-49(41(39)29-66)64-16-15-63-44(53(64)71)19-32-22-54(2,3)23-45(32)63/h5,7,9,11,17-19,21,24,26,31,36,38,43,66H,6,8,10,12-16,20,22-23,25,27-30H2,1-4H3,(H,56,57)(H,58,67,68)/t31-,36-,38-,43?/m0/s1. The number of rotatable bonds is 8. The van der Waals surface area contributed by atoms with Crippen LogP contribution in [0.4, 0.5) is 23.0 Å². The first kappa shape index (κ1) is 46.2. The Morgan fingerprint density at radius 2 is 1.71 bits per heavy atom. The zero-order valence-corrected chi connectivity index (χ0v) is 41.3. The molecule has 10 heterocycles. The molecule has 4 amide bonds. The number of nitrogens with zero attached hydrogens (tertiary/aromatic N) is 9. The molecule has 12 rings (SSSR count). The molecule has 3 fully saturated rings. The number of nitrogens with one attached hydrogen (secondary N) is 2. The Morgan fingerprint density at radius 3 is 2.50 bits per heavy atom. The number of aliphatic hydroxyl groups is 1. The number of imide groups is 1. The lowest BCUT2D eigenvalue weighted by atomic mass is 9.90. The van der Waals surface area contributed by atoms with Crippen LogP contribution >= 0.6 is 0 Å². The maximum atomic E-state index is 14.0. The van der Waals surface area contributed by atoms with Gasteiger partial charge in [-0.15, -0.1) is 0 Å². The van der Waals surface area contributed by atoms with Gasteiger partial charge in [0.25, 0.3) is 17.4 Å². The van der Waals surface area contributed by atoms with E-state index in [2.05, 4.69) is 61.7 Å². The largest absolute Gasteiger partial charge is 0.492 e. The first-order valence-corrected chi connectivity index (χ1v) is 25.4. The van der Waals surface area contributed by atoms with E-state index in [9.17, 15) is 29.1 Å². The number of aliphatic hydroxyl groups excluding tert-OH is 1. The highest BCUT2D eigenvalue weighted by Gasteiger charge is 2.42. The Morgan fingerprint density at radius 1 is 0.847 bits per heavy atom. The number of aromatic nitrogens is 4. The van der Waals surface area contributed by atoms with E-state index in [4.69, 9.17) is 9.72 Å². The molecular weight excluding hydrogens is 915 g/mol. The number of pyridine rings is 3. The van der Waals surface area contributed by atoms with Crippen molar-refractivity contribution in [1.82, 2.24) is 39.1 Å². The van der Waals surface area contributed by atoms with Crippen LogP contribution < -0.4 is 30.7 Å². The monoisotopic (exact) mass is 975 g/mol. The number of piperazine rings is 1. The third-order valence-electron chi connectivity index (χ3n) is 16.4. The topological polar surface area (TPSA) is 191 Å². The summed E-state index contributed by atoms with van der Waals surface area (Å²) in [6.45, 7) is 12.8. The summed E-state index contributed by atoms with van der Waals surface area (Å²) in [5.74, 6) is 0.657. The molecule has 4 aromatic heterocycles. The Bertz CT molecular complexity index is 3130. The predicted octanol–water partition coefficient (Wildman–Crippen LogP) is 4.36. The van der Waals surface area contributed by atoms with Crippen LogP contribution in [-0.4, -0.2) is 126 Å². The van der Waals surface area contributed by atoms with Gasteiger partial charge in [-0.3, -0.25) is 44.0 Å². The third-order valence-corrected chi connectivity index (χ3v) is 16.4. The summed E-state index contributed by atoms with van der Waals surface area (Å²) in [6.07, 6.45) is 9.73. The molecule has 6 aliphatic heterocycles. The molecule has 1 unspecified atom stereocenters. The second-order valence-electron chi connectivity index (χ2n) is 21.7. The van der Waals surface area contributed by atoms with Crippen LogP contribution in [0.3, 0.4) is 0 Å². The second kappa shape index (κ2) is 17.7. The Balaban J connectivity index is 0.679. The van der Waals surface area contributed by atoms with Crippen molar-refractivity contribution in [3.05, 3.63) is 111 Å². The van der Waals surface area contributed by atoms with E-state index in [1.165, 1.54) is 15.8 Å². The number of ether oxygens (including phenoxy) is 1. The molecule has 4 atom stereocenters. The van der Waals surface area contributed by atoms with Crippen LogP contribution in [0.1, 0.15) is 95.2 Å². The molecule has 18 nitrogen and oxygen atoms in total. The zero-order chi connectivity index (χ0) is 49.7. The lowest BCUT2D eigenvalue weighted by Crippen LogP contribution is -2.58. The van der Waals surface area contributed by atoms with Gasteiger partial charge >= 0.3 is 0 Å². The molecule has 3 N–H and O–H groups in total. The van der Waals surface area contributed by atoms with E-state index in [1.54, 1.807) is 35.3 Å². The maximum Gasteiger partial charge on any atom is 0.276 e. The van der Waals surface area contributed by atoms with Crippen LogP contribution in [0, 0.1) is 5.41 Å². The molecule has 0 spiro atoms. The molecule has 18 heteroatoms. The highest BCUT2D eigenvalue weighted by molar-refractivity contribution is 6.07. The lowest BCUT2D eigenvalue weighted by molar-refractivity contribution is -0.136. The van der Waals surface area contributed by atoms with Crippen molar-refractivity contribution in [2.24, 2.45) is 12.5 Å². The van der Waals surface area contributed by atoms with Crippen molar-refractivity contribution in [3.63, 3.8) is 0 Å². The summed E-state index contributed by atoms with van der Waals surface area (Å²) in [5, 5.41) is 16.5. The van der Waals surface area contributed by atoms with E-state index < -0.39 is 11.9 Å². The summed E-state index contributed by atoms with van der Waals surface area (Å²) in [5.41, 5.74) is 8.85. The lowest BCUT2D eigenvalue weighted by Gasteiger charge is -2.48. The number of piperidine rings is 2. The maximum absolute atomic E-state index is 14.0. The van der Waals surface area contributed by atoms with Gasteiger partial charge in [0.05, 0.1) is 18.5 Å². The van der Waals surface area contributed by atoms with Crippen molar-refractivity contribution in [2.45, 2.75) is 110 Å². The molecule has 3 saturated heterocycles. The highest BCUT2D eigenvalue weighted by atomic mass is 16.5. The van der Waals surface area contributed by atoms with Gasteiger partial charge in [0.1, 0.15) is 41.4 Å². The molecule has 0 saturated carbocycles. The number of carbonyl (C=O) groups is 4. The van der Waals surface area contributed by atoms with E-state index >= 15 is 0 Å². The Kier molecular flexibility index (Phi) is 11.4. The van der Waals surface area contributed by atoms with Gasteiger partial charge in [-0.25, -0.2) is 9.97 Å². The van der Waals surface area contributed by atoms with Gasteiger partial charge < -0.3 is 34.1 Å². The van der Waals surface area contributed by atoms with Crippen LogP contribution in [0.2, 0.25) is 0 Å². The summed E-state index contributed by atoms with van der Waals surface area (Å²) in [6, 6.07) is 13.8. The van der Waals surface area contributed by atoms with Crippen molar-refractivity contribution in [1.29, 1.82) is 0 Å². The number of aryl methyl sites for hydroxylation is 1. The molecular formula is C54H61N11O7. The van der Waals surface area contributed by atoms with Crippen molar-refractivity contribution >= 4 is 46.6 Å². The Hall–Kier alpha value is -6.89. The molecule has 1 aliphatic carbocycles. The minimum absolute atomic E-state index is 0.130. The van der Waals surface area contributed by atoms with Crippen molar-refractivity contribution in [2.75, 3.05) is 54.4 Å². The SMILES string of the molecule is C[C@H]1CN([C@H]2CCN3Cc4cc5c(cc4OC[C@@H]3C2)C(=O)N(C2CCC(=O)NC2=O)C5)CCN1c1ccc(Nc2cc(-c3ccnc(N4CCn5c(cc6c5CC(C)(C)C6)C4=O)c3CO)cn(C)c2=O)nc1. The second-order valence-corrected chi connectivity index (χ2v) is 21.7. The molecule has 72 heavy (non-hydrogen) atoms. The number of anilines is 4. The van der Waals surface area contributed by atoms with Gasteiger partial charge in [0.15, 0.2) is 0 Å².